The summed E-state index contributed by atoms with van der Waals surface area (Å²) in [6.45, 7) is 5.92. The zero-order valence-electron chi connectivity index (χ0n) is 10.5. The monoisotopic (exact) mass is 255 g/mol. The lowest BCUT2D eigenvalue weighted by molar-refractivity contribution is 0.0606. The molecule has 0 atom stereocenters. The third-order valence-corrected chi connectivity index (χ3v) is 3.62. The standard InChI is InChI=1S/C12H17NO3S/c1-5-12(2,3)13-10(14)8-6-7-9(17-8)11(15)16-4/h6-7H,5H2,1-4H3,(H,13,14). The Morgan fingerprint density at radius 2 is 1.94 bits per heavy atom. The Kier molecular flexibility index (Phi) is 4.28. The maximum Gasteiger partial charge on any atom is 0.348 e. The third-order valence-electron chi connectivity index (χ3n) is 2.55. The van der Waals surface area contributed by atoms with Gasteiger partial charge in [-0.2, -0.15) is 0 Å². The van der Waals surface area contributed by atoms with Crippen molar-refractivity contribution in [2.75, 3.05) is 7.11 Å². The van der Waals surface area contributed by atoms with Crippen LogP contribution in [0.25, 0.3) is 0 Å². The fourth-order valence-electron chi connectivity index (χ4n) is 1.13. The van der Waals surface area contributed by atoms with E-state index in [4.69, 9.17) is 0 Å². The summed E-state index contributed by atoms with van der Waals surface area (Å²) in [5.41, 5.74) is -0.244. The Balaban J connectivity index is 2.77. The van der Waals surface area contributed by atoms with Crippen molar-refractivity contribution in [2.45, 2.75) is 32.7 Å². The maximum atomic E-state index is 11.9. The Labute approximate surface area is 105 Å². The quantitative estimate of drug-likeness (QED) is 0.841. The Morgan fingerprint density at radius 3 is 2.47 bits per heavy atom. The molecule has 0 saturated carbocycles. The van der Waals surface area contributed by atoms with E-state index in [0.29, 0.717) is 9.75 Å². The van der Waals surface area contributed by atoms with Gasteiger partial charge in [-0.15, -0.1) is 11.3 Å². The van der Waals surface area contributed by atoms with Crippen molar-refractivity contribution in [3.63, 3.8) is 0 Å². The van der Waals surface area contributed by atoms with E-state index in [2.05, 4.69) is 10.1 Å². The van der Waals surface area contributed by atoms with Gasteiger partial charge in [-0.25, -0.2) is 4.79 Å². The van der Waals surface area contributed by atoms with Crippen LogP contribution in [0.1, 0.15) is 46.5 Å². The first-order chi connectivity index (χ1) is 7.89. The topological polar surface area (TPSA) is 55.4 Å². The number of esters is 1. The summed E-state index contributed by atoms with van der Waals surface area (Å²) >= 11 is 1.14. The molecule has 5 heteroatoms. The van der Waals surface area contributed by atoms with Crippen LogP contribution in [0.2, 0.25) is 0 Å². The normalized spacial score (nSPS) is 11.1. The molecule has 0 aliphatic carbocycles. The summed E-state index contributed by atoms with van der Waals surface area (Å²) in [7, 11) is 1.32. The number of carbonyl (C=O) groups excluding carboxylic acids is 2. The SMILES string of the molecule is CCC(C)(C)NC(=O)c1ccc(C(=O)OC)s1. The fourth-order valence-corrected chi connectivity index (χ4v) is 1.95. The number of nitrogens with one attached hydrogen (secondary N) is 1. The minimum Gasteiger partial charge on any atom is -0.465 e. The molecule has 4 nitrogen and oxygen atoms in total. The second-order valence-electron chi connectivity index (χ2n) is 4.35. The summed E-state index contributed by atoms with van der Waals surface area (Å²) < 4.78 is 4.59. The highest BCUT2D eigenvalue weighted by Gasteiger charge is 2.20. The van der Waals surface area contributed by atoms with Gasteiger partial charge in [0.1, 0.15) is 4.88 Å². The van der Waals surface area contributed by atoms with Crippen LogP contribution in [0.4, 0.5) is 0 Å². The van der Waals surface area contributed by atoms with E-state index >= 15 is 0 Å². The van der Waals surface area contributed by atoms with Crippen LogP contribution in [0, 0.1) is 0 Å². The van der Waals surface area contributed by atoms with E-state index < -0.39 is 5.97 Å². The van der Waals surface area contributed by atoms with Gasteiger partial charge in [0, 0.05) is 5.54 Å². The predicted octanol–water partition coefficient (Wildman–Crippen LogP) is 2.45. The van der Waals surface area contributed by atoms with E-state index in [0.717, 1.165) is 17.8 Å². The summed E-state index contributed by atoms with van der Waals surface area (Å²) in [6, 6.07) is 3.24. The summed E-state index contributed by atoms with van der Waals surface area (Å²) in [4.78, 5) is 24.1. The maximum absolute atomic E-state index is 11.9. The van der Waals surface area contributed by atoms with Gasteiger partial charge < -0.3 is 10.1 Å². The van der Waals surface area contributed by atoms with Gasteiger partial charge in [-0.05, 0) is 32.4 Å². The van der Waals surface area contributed by atoms with Gasteiger partial charge in [0.25, 0.3) is 5.91 Å². The minimum absolute atomic E-state index is 0.156. The van der Waals surface area contributed by atoms with Crippen LogP contribution in [0.15, 0.2) is 12.1 Å². The van der Waals surface area contributed by atoms with Crippen LogP contribution >= 0.6 is 11.3 Å². The third kappa shape index (κ3) is 3.56. The van der Waals surface area contributed by atoms with Crippen LogP contribution in [0.5, 0.6) is 0 Å². The molecule has 0 aliphatic heterocycles. The van der Waals surface area contributed by atoms with E-state index in [1.54, 1.807) is 12.1 Å². The Hall–Kier alpha value is -1.36. The van der Waals surface area contributed by atoms with Crippen molar-refractivity contribution in [1.29, 1.82) is 0 Å². The van der Waals surface area contributed by atoms with Crippen LogP contribution in [-0.2, 0) is 4.74 Å². The molecule has 1 rings (SSSR count). The second-order valence-corrected chi connectivity index (χ2v) is 5.43. The highest BCUT2D eigenvalue weighted by Crippen LogP contribution is 2.18. The van der Waals surface area contributed by atoms with Crippen molar-refractivity contribution in [1.82, 2.24) is 5.32 Å². The van der Waals surface area contributed by atoms with Crippen LogP contribution in [0.3, 0.4) is 0 Å². The number of hydrogen-bond acceptors (Lipinski definition) is 4. The lowest BCUT2D eigenvalue weighted by atomic mass is 10.0. The Bertz CT molecular complexity index is 423. The predicted molar refractivity (Wildman–Crippen MR) is 67.5 cm³/mol. The first kappa shape index (κ1) is 13.7. The number of rotatable bonds is 4. The summed E-state index contributed by atoms with van der Waals surface area (Å²) in [5.74, 6) is -0.569. The molecule has 0 spiro atoms. The van der Waals surface area contributed by atoms with Gasteiger partial charge in [0.2, 0.25) is 0 Å². The molecule has 0 bridgehead atoms. The molecule has 0 aliphatic rings. The van der Waals surface area contributed by atoms with Crippen molar-refractivity contribution >= 4 is 23.2 Å². The van der Waals surface area contributed by atoms with Crippen molar-refractivity contribution in [3.8, 4) is 0 Å². The van der Waals surface area contributed by atoms with Crippen molar-refractivity contribution in [2.24, 2.45) is 0 Å². The lowest BCUT2D eigenvalue weighted by Crippen LogP contribution is -2.42. The summed E-state index contributed by atoms with van der Waals surface area (Å²) in [5, 5.41) is 2.91. The average Bonchev–Trinajstić information content (AvgIpc) is 2.77. The van der Waals surface area contributed by atoms with Gasteiger partial charge >= 0.3 is 5.97 Å². The van der Waals surface area contributed by atoms with E-state index in [1.807, 2.05) is 20.8 Å². The van der Waals surface area contributed by atoms with Gasteiger partial charge in [-0.3, -0.25) is 4.79 Å². The number of amides is 1. The Morgan fingerprint density at radius 1 is 1.35 bits per heavy atom. The number of ether oxygens (including phenoxy) is 1. The largest absolute Gasteiger partial charge is 0.465 e. The first-order valence-electron chi connectivity index (χ1n) is 5.40. The second kappa shape index (κ2) is 5.31. The van der Waals surface area contributed by atoms with Crippen molar-refractivity contribution < 1.29 is 14.3 Å². The molecular formula is C12H17NO3S. The number of thiophene rings is 1. The number of hydrogen-bond donors (Lipinski definition) is 1. The highest BCUT2D eigenvalue weighted by atomic mass is 32.1. The molecule has 0 unspecified atom stereocenters. The molecule has 1 aromatic heterocycles. The minimum atomic E-state index is -0.413. The molecule has 17 heavy (non-hydrogen) atoms. The highest BCUT2D eigenvalue weighted by molar-refractivity contribution is 7.15. The zero-order valence-corrected chi connectivity index (χ0v) is 11.3. The van der Waals surface area contributed by atoms with E-state index in [9.17, 15) is 9.59 Å². The van der Waals surface area contributed by atoms with Crippen LogP contribution < -0.4 is 5.32 Å². The zero-order chi connectivity index (χ0) is 13.1. The number of methoxy groups -OCH3 is 1. The van der Waals surface area contributed by atoms with Gasteiger partial charge in [0.15, 0.2) is 0 Å². The van der Waals surface area contributed by atoms with E-state index in [-0.39, 0.29) is 11.4 Å². The first-order valence-corrected chi connectivity index (χ1v) is 6.22. The molecular weight excluding hydrogens is 238 g/mol. The molecule has 94 valence electrons. The average molecular weight is 255 g/mol. The molecule has 1 aromatic rings. The van der Waals surface area contributed by atoms with E-state index in [1.165, 1.54) is 7.11 Å². The lowest BCUT2D eigenvalue weighted by Gasteiger charge is -2.23. The van der Waals surface area contributed by atoms with Crippen LogP contribution in [-0.4, -0.2) is 24.5 Å². The molecule has 0 saturated heterocycles. The summed E-state index contributed by atoms with van der Waals surface area (Å²) in [6.07, 6.45) is 0.841. The smallest absolute Gasteiger partial charge is 0.348 e. The molecule has 0 fully saturated rings. The molecule has 0 radical (unpaired) electrons. The molecule has 0 aromatic carbocycles. The van der Waals surface area contributed by atoms with Gasteiger partial charge in [0.05, 0.1) is 12.0 Å². The van der Waals surface area contributed by atoms with Crippen molar-refractivity contribution in [3.05, 3.63) is 21.9 Å². The fraction of sp³-hybridized carbons (Fsp3) is 0.500. The molecule has 1 N–H and O–H groups in total. The number of carbonyl (C=O) groups is 2. The van der Waals surface area contributed by atoms with Gasteiger partial charge in [-0.1, -0.05) is 6.92 Å². The molecule has 1 heterocycles. The molecule has 1 amide bonds.